The number of rotatable bonds is 3. The van der Waals surface area contributed by atoms with Crippen LogP contribution in [-0.2, 0) is 4.79 Å². The van der Waals surface area contributed by atoms with Gasteiger partial charge in [-0.2, -0.15) is 0 Å². The number of hydrogen-bond donors (Lipinski definition) is 2. The highest BCUT2D eigenvalue weighted by Gasteiger charge is 2.17. The van der Waals surface area contributed by atoms with Crippen LogP contribution in [0.25, 0.3) is 11.0 Å². The zero-order chi connectivity index (χ0) is 17.3. The lowest BCUT2D eigenvalue weighted by molar-refractivity contribution is -0.117. The average molecular weight is 322 g/mol. The summed E-state index contributed by atoms with van der Waals surface area (Å²) in [6.07, 6.45) is 0. The Morgan fingerprint density at radius 1 is 1.08 bits per heavy atom. The zero-order valence-corrected chi connectivity index (χ0v) is 13.5. The van der Waals surface area contributed by atoms with E-state index >= 15 is 0 Å². The van der Waals surface area contributed by atoms with Gasteiger partial charge in [-0.3, -0.25) is 4.79 Å². The summed E-state index contributed by atoms with van der Waals surface area (Å²) in [5, 5.41) is 3.64. The number of anilines is 1. The highest BCUT2D eigenvalue weighted by Crippen LogP contribution is 2.25. The summed E-state index contributed by atoms with van der Waals surface area (Å²) in [5.74, 6) is -0.293. The van der Waals surface area contributed by atoms with Crippen LogP contribution in [-0.4, -0.2) is 5.91 Å². The number of carbonyl (C=O) groups excluding carboxylic acids is 1. The molecule has 1 amide bonds. The molecule has 0 bridgehead atoms. The summed E-state index contributed by atoms with van der Waals surface area (Å²) in [6.45, 7) is 3.67. The molecule has 0 saturated carbocycles. The Labute approximate surface area is 139 Å². The molecule has 0 aliphatic rings. The number of aryl methyl sites for hydroxylation is 2. The molecule has 1 atom stereocenters. The maximum atomic E-state index is 12.4. The average Bonchev–Trinajstić information content (AvgIpc) is 2.56. The first-order chi connectivity index (χ1) is 11.5. The molecule has 5 nitrogen and oxygen atoms in total. The summed E-state index contributed by atoms with van der Waals surface area (Å²) < 4.78 is 5.21. The number of amides is 1. The fourth-order valence-electron chi connectivity index (χ4n) is 2.62. The highest BCUT2D eigenvalue weighted by molar-refractivity contribution is 5.98. The second-order valence-electron chi connectivity index (χ2n) is 5.79. The second kappa shape index (κ2) is 6.29. The van der Waals surface area contributed by atoms with E-state index in [1.807, 2.05) is 44.2 Å². The van der Waals surface area contributed by atoms with Crippen LogP contribution in [0.3, 0.4) is 0 Å². The van der Waals surface area contributed by atoms with Crippen molar-refractivity contribution in [2.24, 2.45) is 5.73 Å². The summed E-state index contributed by atoms with van der Waals surface area (Å²) in [6, 6.07) is 13.4. The molecule has 0 spiro atoms. The van der Waals surface area contributed by atoms with E-state index in [-0.39, 0.29) is 11.5 Å². The van der Waals surface area contributed by atoms with Crippen molar-refractivity contribution in [2.75, 3.05) is 5.32 Å². The summed E-state index contributed by atoms with van der Waals surface area (Å²) in [4.78, 5) is 23.9. The van der Waals surface area contributed by atoms with Crippen molar-refractivity contribution in [1.82, 2.24) is 0 Å². The van der Waals surface area contributed by atoms with Gasteiger partial charge in [-0.05, 0) is 42.7 Å². The Morgan fingerprint density at radius 3 is 2.50 bits per heavy atom. The maximum Gasteiger partial charge on any atom is 0.336 e. The molecular weight excluding hydrogens is 304 g/mol. The number of fused-ring (bicyclic) bond motifs is 1. The summed E-state index contributed by atoms with van der Waals surface area (Å²) >= 11 is 0. The van der Waals surface area contributed by atoms with Gasteiger partial charge in [-0.1, -0.05) is 30.3 Å². The molecule has 0 fully saturated rings. The fraction of sp³-hybridized carbons (Fsp3) is 0.158. The quantitative estimate of drug-likeness (QED) is 0.726. The minimum atomic E-state index is -0.754. The topological polar surface area (TPSA) is 85.3 Å². The van der Waals surface area contributed by atoms with E-state index in [2.05, 4.69) is 5.32 Å². The molecule has 24 heavy (non-hydrogen) atoms. The van der Waals surface area contributed by atoms with Crippen LogP contribution in [0.1, 0.15) is 22.7 Å². The minimum absolute atomic E-state index is 0.293. The number of hydrogen-bond acceptors (Lipinski definition) is 4. The first-order valence-electron chi connectivity index (χ1n) is 7.62. The minimum Gasteiger partial charge on any atom is -0.423 e. The molecule has 3 aromatic rings. The van der Waals surface area contributed by atoms with Gasteiger partial charge in [0.15, 0.2) is 0 Å². The van der Waals surface area contributed by atoms with Gasteiger partial charge >= 0.3 is 5.63 Å². The number of benzene rings is 2. The first-order valence-corrected chi connectivity index (χ1v) is 7.62. The van der Waals surface area contributed by atoms with Crippen molar-refractivity contribution < 1.29 is 9.21 Å². The van der Waals surface area contributed by atoms with E-state index < -0.39 is 6.04 Å². The number of nitrogens with two attached hydrogens (primary N) is 1. The van der Waals surface area contributed by atoms with Gasteiger partial charge in [0.05, 0.1) is 0 Å². The molecule has 5 heteroatoms. The molecular formula is C19H18N2O3. The van der Waals surface area contributed by atoms with E-state index in [9.17, 15) is 9.59 Å². The molecule has 0 unspecified atom stereocenters. The smallest absolute Gasteiger partial charge is 0.336 e. The van der Waals surface area contributed by atoms with E-state index in [1.54, 1.807) is 12.1 Å². The first kappa shape index (κ1) is 16.0. The third-order valence-corrected chi connectivity index (χ3v) is 4.00. The van der Waals surface area contributed by atoms with E-state index in [1.165, 1.54) is 6.07 Å². The van der Waals surface area contributed by atoms with Gasteiger partial charge < -0.3 is 15.5 Å². The largest absolute Gasteiger partial charge is 0.423 e. The molecule has 3 N–H and O–H groups in total. The molecule has 122 valence electrons. The monoisotopic (exact) mass is 322 g/mol. The Morgan fingerprint density at radius 2 is 1.79 bits per heavy atom. The van der Waals surface area contributed by atoms with Crippen LogP contribution in [0.5, 0.6) is 0 Å². The van der Waals surface area contributed by atoms with Crippen molar-refractivity contribution in [2.45, 2.75) is 19.9 Å². The second-order valence-corrected chi connectivity index (χ2v) is 5.79. The Balaban J connectivity index is 1.94. The predicted molar refractivity (Wildman–Crippen MR) is 94.0 cm³/mol. The van der Waals surface area contributed by atoms with Crippen LogP contribution in [0.15, 0.2) is 57.7 Å². The lowest BCUT2D eigenvalue weighted by Crippen LogP contribution is -2.28. The van der Waals surface area contributed by atoms with Gasteiger partial charge in [-0.25, -0.2) is 4.79 Å². The van der Waals surface area contributed by atoms with Crippen molar-refractivity contribution in [1.29, 1.82) is 0 Å². The predicted octanol–water partition coefficient (Wildman–Crippen LogP) is 3.05. The molecule has 0 saturated heterocycles. The van der Waals surface area contributed by atoms with Crippen LogP contribution in [0, 0.1) is 13.8 Å². The van der Waals surface area contributed by atoms with E-state index in [4.69, 9.17) is 10.2 Å². The molecule has 1 heterocycles. The Hall–Kier alpha value is -2.92. The number of carbonyl (C=O) groups is 1. The van der Waals surface area contributed by atoms with Gasteiger partial charge in [0.2, 0.25) is 5.91 Å². The van der Waals surface area contributed by atoms with Gasteiger partial charge in [-0.15, -0.1) is 0 Å². The van der Waals surface area contributed by atoms with Crippen molar-refractivity contribution in [3.05, 3.63) is 75.6 Å². The van der Waals surface area contributed by atoms with Crippen LogP contribution < -0.4 is 16.7 Å². The highest BCUT2D eigenvalue weighted by atomic mass is 16.4. The van der Waals surface area contributed by atoms with Crippen LogP contribution in [0.2, 0.25) is 0 Å². The number of nitrogens with one attached hydrogen (secondary N) is 1. The SMILES string of the molecule is Cc1cc2oc(=O)cc(C)c2cc1NC(=O)[C@@H](N)c1ccccc1. The maximum absolute atomic E-state index is 12.4. The lowest BCUT2D eigenvalue weighted by atomic mass is 10.0. The molecule has 1 aromatic heterocycles. The standard InChI is InChI=1S/C19H18N2O3/c1-11-9-17(22)24-16-8-12(2)15(10-14(11)16)21-19(23)18(20)13-6-4-3-5-7-13/h3-10,18H,20H2,1-2H3,(H,21,23)/t18-/m0/s1. The third kappa shape index (κ3) is 3.07. The molecule has 3 rings (SSSR count). The van der Waals surface area contributed by atoms with Crippen LogP contribution >= 0.6 is 0 Å². The van der Waals surface area contributed by atoms with Gasteiger partial charge in [0.25, 0.3) is 0 Å². The van der Waals surface area contributed by atoms with Crippen molar-refractivity contribution >= 4 is 22.6 Å². The zero-order valence-electron chi connectivity index (χ0n) is 13.5. The fourth-order valence-corrected chi connectivity index (χ4v) is 2.62. The van der Waals surface area contributed by atoms with E-state index in [0.29, 0.717) is 11.3 Å². The molecule has 2 aromatic carbocycles. The Kier molecular flexibility index (Phi) is 4.18. The molecule has 0 radical (unpaired) electrons. The molecule has 0 aliphatic heterocycles. The normalized spacial score (nSPS) is 12.1. The van der Waals surface area contributed by atoms with Crippen molar-refractivity contribution in [3.63, 3.8) is 0 Å². The van der Waals surface area contributed by atoms with Crippen LogP contribution in [0.4, 0.5) is 5.69 Å². The third-order valence-electron chi connectivity index (χ3n) is 4.00. The summed E-state index contributed by atoms with van der Waals surface area (Å²) in [7, 11) is 0. The molecule has 0 aliphatic carbocycles. The summed E-state index contributed by atoms with van der Waals surface area (Å²) in [5.41, 5.74) is 9.13. The van der Waals surface area contributed by atoms with Gasteiger partial charge in [0.1, 0.15) is 11.6 Å². The van der Waals surface area contributed by atoms with Gasteiger partial charge in [0, 0.05) is 17.1 Å². The Bertz CT molecular complexity index is 962. The van der Waals surface area contributed by atoms with Crippen molar-refractivity contribution in [3.8, 4) is 0 Å². The lowest BCUT2D eigenvalue weighted by Gasteiger charge is -2.15. The van der Waals surface area contributed by atoms with E-state index in [0.717, 1.165) is 22.1 Å².